The first-order valence-corrected chi connectivity index (χ1v) is 6.37. The summed E-state index contributed by atoms with van der Waals surface area (Å²) in [5, 5.41) is 3.28. The monoisotopic (exact) mass is 322 g/mol. The van der Waals surface area contributed by atoms with Gasteiger partial charge < -0.3 is 15.8 Å². The molecule has 1 saturated carbocycles. The Morgan fingerprint density at radius 1 is 1.35 bits per heavy atom. The number of methoxy groups -OCH3 is 1. The highest BCUT2D eigenvalue weighted by molar-refractivity contribution is 5.85. The van der Waals surface area contributed by atoms with E-state index in [1.807, 2.05) is 19.9 Å². The van der Waals surface area contributed by atoms with E-state index in [1.54, 1.807) is 13.4 Å². The third kappa shape index (κ3) is 5.05. The first kappa shape index (κ1) is 19.4. The third-order valence-electron chi connectivity index (χ3n) is 3.53. The van der Waals surface area contributed by atoms with Crippen LogP contribution in [-0.2, 0) is 4.74 Å². The standard InChI is InChI=1S/C13H22N4O.2ClH/c1-13(2,18-3)7-15-12-6-11(16-8-17-12)9-4-10(14)5-9;;/h6,8-10H,4-5,7,14H2,1-3H3,(H,15,16,17);2*1H. The van der Waals surface area contributed by atoms with Gasteiger partial charge in [-0.15, -0.1) is 24.8 Å². The van der Waals surface area contributed by atoms with Gasteiger partial charge in [-0.05, 0) is 26.7 Å². The Hall–Kier alpha value is -0.620. The van der Waals surface area contributed by atoms with Crippen molar-refractivity contribution in [3.8, 4) is 0 Å². The Morgan fingerprint density at radius 2 is 2.00 bits per heavy atom. The Labute approximate surface area is 132 Å². The number of aromatic nitrogens is 2. The first-order valence-electron chi connectivity index (χ1n) is 6.37. The molecule has 2 rings (SSSR count). The highest BCUT2D eigenvalue weighted by Gasteiger charge is 2.28. The van der Waals surface area contributed by atoms with Crippen molar-refractivity contribution < 1.29 is 4.74 Å². The van der Waals surface area contributed by atoms with Crippen molar-refractivity contribution in [1.82, 2.24) is 9.97 Å². The lowest BCUT2D eigenvalue weighted by Gasteiger charge is -2.32. The van der Waals surface area contributed by atoms with Crippen LogP contribution in [0.3, 0.4) is 0 Å². The maximum absolute atomic E-state index is 5.80. The van der Waals surface area contributed by atoms with Gasteiger partial charge in [0.2, 0.25) is 0 Å². The number of rotatable bonds is 5. The Balaban J connectivity index is 0.00000180. The molecule has 1 aromatic rings. The molecular weight excluding hydrogens is 299 g/mol. The summed E-state index contributed by atoms with van der Waals surface area (Å²) in [6.45, 7) is 4.78. The average Bonchev–Trinajstić information content (AvgIpc) is 2.33. The fourth-order valence-electron chi connectivity index (χ4n) is 1.97. The second-order valence-corrected chi connectivity index (χ2v) is 5.57. The van der Waals surface area contributed by atoms with E-state index in [0.29, 0.717) is 18.5 Å². The maximum atomic E-state index is 5.80. The van der Waals surface area contributed by atoms with Crippen LogP contribution in [0.1, 0.15) is 38.3 Å². The van der Waals surface area contributed by atoms with Gasteiger partial charge in [0.1, 0.15) is 12.1 Å². The molecule has 1 aromatic heterocycles. The molecular formula is C13H24Cl2N4O. The van der Waals surface area contributed by atoms with Gasteiger partial charge in [-0.1, -0.05) is 0 Å². The van der Waals surface area contributed by atoms with Crippen LogP contribution in [0.15, 0.2) is 12.4 Å². The molecule has 0 aromatic carbocycles. The summed E-state index contributed by atoms with van der Waals surface area (Å²) in [6.07, 6.45) is 3.67. The van der Waals surface area contributed by atoms with E-state index in [4.69, 9.17) is 10.5 Å². The number of halogens is 2. The minimum absolute atomic E-state index is 0. The number of hydrogen-bond donors (Lipinski definition) is 2. The lowest BCUT2D eigenvalue weighted by atomic mass is 9.78. The van der Waals surface area contributed by atoms with E-state index in [9.17, 15) is 0 Å². The van der Waals surface area contributed by atoms with Gasteiger partial charge in [-0.25, -0.2) is 9.97 Å². The molecule has 3 N–H and O–H groups in total. The van der Waals surface area contributed by atoms with Crippen molar-refractivity contribution >= 4 is 30.6 Å². The van der Waals surface area contributed by atoms with Gasteiger partial charge >= 0.3 is 0 Å². The molecule has 0 unspecified atom stereocenters. The average molecular weight is 323 g/mol. The van der Waals surface area contributed by atoms with Gasteiger partial charge in [-0.2, -0.15) is 0 Å². The topological polar surface area (TPSA) is 73.1 Å². The highest BCUT2D eigenvalue weighted by atomic mass is 35.5. The number of ether oxygens (including phenoxy) is 1. The summed E-state index contributed by atoms with van der Waals surface area (Å²) in [6, 6.07) is 2.36. The van der Waals surface area contributed by atoms with E-state index in [0.717, 1.165) is 24.4 Å². The largest absolute Gasteiger partial charge is 0.377 e. The zero-order valence-corrected chi connectivity index (χ0v) is 13.8. The van der Waals surface area contributed by atoms with E-state index in [1.165, 1.54) is 0 Å². The molecule has 0 spiro atoms. The van der Waals surface area contributed by atoms with Gasteiger partial charge in [0.25, 0.3) is 0 Å². The molecule has 0 bridgehead atoms. The third-order valence-corrected chi connectivity index (χ3v) is 3.53. The molecule has 1 heterocycles. The van der Waals surface area contributed by atoms with Crippen LogP contribution < -0.4 is 11.1 Å². The molecule has 7 heteroatoms. The van der Waals surface area contributed by atoms with Crippen LogP contribution >= 0.6 is 24.8 Å². The predicted molar refractivity (Wildman–Crippen MR) is 86.1 cm³/mol. The second-order valence-electron chi connectivity index (χ2n) is 5.57. The Kier molecular flexibility index (Phi) is 7.73. The molecule has 0 amide bonds. The maximum Gasteiger partial charge on any atom is 0.129 e. The normalized spacial score (nSPS) is 21.2. The van der Waals surface area contributed by atoms with Crippen molar-refractivity contribution in [2.75, 3.05) is 19.0 Å². The summed E-state index contributed by atoms with van der Waals surface area (Å²) in [5.74, 6) is 1.35. The minimum Gasteiger partial charge on any atom is -0.377 e. The summed E-state index contributed by atoms with van der Waals surface area (Å²) >= 11 is 0. The molecule has 0 aliphatic heterocycles. The van der Waals surface area contributed by atoms with Crippen LogP contribution in [0.25, 0.3) is 0 Å². The SMILES string of the molecule is COC(C)(C)CNc1cc(C2CC(N)C2)ncn1.Cl.Cl. The zero-order valence-electron chi connectivity index (χ0n) is 12.1. The zero-order chi connectivity index (χ0) is 13.2. The Morgan fingerprint density at radius 3 is 2.55 bits per heavy atom. The van der Waals surface area contributed by atoms with Crippen molar-refractivity contribution in [3.63, 3.8) is 0 Å². The quantitative estimate of drug-likeness (QED) is 0.870. The lowest BCUT2D eigenvalue weighted by Crippen LogP contribution is -2.35. The molecule has 0 radical (unpaired) electrons. The smallest absolute Gasteiger partial charge is 0.129 e. The summed E-state index contributed by atoms with van der Waals surface area (Å²) in [5.41, 5.74) is 6.69. The minimum atomic E-state index is -0.204. The van der Waals surface area contributed by atoms with E-state index in [-0.39, 0.29) is 30.4 Å². The van der Waals surface area contributed by atoms with Gasteiger partial charge in [-0.3, -0.25) is 0 Å². The number of nitrogens with zero attached hydrogens (tertiary/aromatic N) is 2. The molecule has 5 nitrogen and oxygen atoms in total. The van der Waals surface area contributed by atoms with Crippen molar-refractivity contribution in [2.45, 2.75) is 44.2 Å². The fraction of sp³-hybridized carbons (Fsp3) is 0.692. The van der Waals surface area contributed by atoms with Gasteiger partial charge in [0.15, 0.2) is 0 Å². The highest BCUT2D eigenvalue weighted by Crippen LogP contribution is 2.34. The van der Waals surface area contributed by atoms with Crippen LogP contribution in [0.4, 0.5) is 5.82 Å². The number of nitrogens with two attached hydrogens (primary N) is 1. The van der Waals surface area contributed by atoms with Gasteiger partial charge in [0.05, 0.1) is 5.60 Å². The van der Waals surface area contributed by atoms with Crippen molar-refractivity contribution in [2.24, 2.45) is 5.73 Å². The summed E-state index contributed by atoms with van der Waals surface area (Å²) < 4.78 is 5.36. The summed E-state index contributed by atoms with van der Waals surface area (Å²) in [4.78, 5) is 8.55. The van der Waals surface area contributed by atoms with E-state index < -0.39 is 0 Å². The molecule has 116 valence electrons. The molecule has 1 fully saturated rings. The predicted octanol–water partition coefficient (Wildman–Crippen LogP) is 2.36. The fourth-order valence-corrected chi connectivity index (χ4v) is 1.97. The first-order chi connectivity index (χ1) is 8.50. The Bertz CT molecular complexity index is 411. The lowest BCUT2D eigenvalue weighted by molar-refractivity contribution is 0.0343. The molecule has 0 atom stereocenters. The van der Waals surface area contributed by atoms with Crippen LogP contribution in [0.2, 0.25) is 0 Å². The second kappa shape index (κ2) is 7.98. The van der Waals surface area contributed by atoms with Crippen molar-refractivity contribution in [3.05, 3.63) is 18.1 Å². The van der Waals surface area contributed by atoms with Crippen LogP contribution in [0.5, 0.6) is 0 Å². The summed E-state index contributed by atoms with van der Waals surface area (Å²) in [7, 11) is 1.71. The molecule has 0 saturated heterocycles. The van der Waals surface area contributed by atoms with E-state index in [2.05, 4.69) is 15.3 Å². The van der Waals surface area contributed by atoms with Crippen LogP contribution in [0, 0.1) is 0 Å². The van der Waals surface area contributed by atoms with Crippen molar-refractivity contribution in [1.29, 1.82) is 0 Å². The number of anilines is 1. The molecule has 20 heavy (non-hydrogen) atoms. The number of hydrogen-bond acceptors (Lipinski definition) is 5. The number of nitrogens with one attached hydrogen (secondary N) is 1. The molecule has 1 aliphatic rings. The molecule has 1 aliphatic carbocycles. The van der Waals surface area contributed by atoms with Gasteiger partial charge in [0, 0.05) is 37.4 Å². The van der Waals surface area contributed by atoms with E-state index >= 15 is 0 Å². The van der Waals surface area contributed by atoms with Crippen LogP contribution in [-0.4, -0.2) is 35.3 Å².